The van der Waals surface area contributed by atoms with Gasteiger partial charge in [-0.1, -0.05) is 26.8 Å². The molecule has 4 heteroatoms. The van der Waals surface area contributed by atoms with Gasteiger partial charge >= 0.3 is 0 Å². The molecule has 1 heterocycles. The van der Waals surface area contributed by atoms with Gasteiger partial charge in [-0.15, -0.1) is 0 Å². The summed E-state index contributed by atoms with van der Waals surface area (Å²) < 4.78 is 0. The number of likely N-dealkylation sites (N-methyl/N-ethyl adjacent to an activating group) is 1. The smallest absolute Gasteiger partial charge is 0.299 e. The molecule has 1 aliphatic heterocycles. The lowest BCUT2D eigenvalue weighted by Gasteiger charge is -2.23. The molecule has 1 amide bonds. The number of benzene rings is 1. The highest BCUT2D eigenvalue weighted by Crippen LogP contribution is 2.29. The van der Waals surface area contributed by atoms with Crippen LogP contribution in [0.4, 0.5) is 5.69 Å². The fourth-order valence-electron chi connectivity index (χ4n) is 2.57. The van der Waals surface area contributed by atoms with Gasteiger partial charge in [0.25, 0.3) is 11.7 Å². The summed E-state index contributed by atoms with van der Waals surface area (Å²) >= 11 is 0. The van der Waals surface area contributed by atoms with Crippen LogP contribution in [0.3, 0.4) is 0 Å². The first-order valence-corrected chi connectivity index (χ1v) is 7.33. The third kappa shape index (κ3) is 2.61. The molecule has 0 N–H and O–H groups in total. The lowest BCUT2D eigenvalue weighted by atomic mass is 10.1. The van der Waals surface area contributed by atoms with E-state index in [4.69, 9.17) is 0 Å². The highest BCUT2D eigenvalue weighted by molar-refractivity contribution is 6.52. The van der Waals surface area contributed by atoms with Gasteiger partial charge in [-0.3, -0.25) is 9.59 Å². The van der Waals surface area contributed by atoms with Crippen molar-refractivity contribution < 1.29 is 9.59 Å². The Labute approximate surface area is 120 Å². The molecule has 4 nitrogen and oxygen atoms in total. The number of hydrogen-bond acceptors (Lipinski definition) is 3. The zero-order valence-electron chi connectivity index (χ0n) is 12.5. The fourth-order valence-corrected chi connectivity index (χ4v) is 2.57. The minimum Gasteiger partial charge on any atom is -0.303 e. The van der Waals surface area contributed by atoms with E-state index >= 15 is 0 Å². The Balaban J connectivity index is 2.20. The van der Waals surface area contributed by atoms with Crippen LogP contribution in [-0.2, 0) is 11.2 Å². The Morgan fingerprint density at radius 3 is 2.40 bits per heavy atom. The van der Waals surface area contributed by atoms with Gasteiger partial charge in [-0.05, 0) is 37.2 Å². The van der Waals surface area contributed by atoms with Crippen molar-refractivity contribution in [1.82, 2.24) is 4.90 Å². The number of carbonyl (C=O) groups is 2. The van der Waals surface area contributed by atoms with E-state index in [0.29, 0.717) is 12.1 Å². The van der Waals surface area contributed by atoms with Gasteiger partial charge in [0.15, 0.2) is 0 Å². The van der Waals surface area contributed by atoms with Crippen LogP contribution in [-0.4, -0.2) is 42.8 Å². The number of carbonyl (C=O) groups excluding carboxylic acids is 2. The molecule has 108 valence electrons. The van der Waals surface area contributed by atoms with Crippen molar-refractivity contribution in [3.05, 3.63) is 29.3 Å². The molecule has 1 aliphatic rings. The Morgan fingerprint density at radius 1 is 1.10 bits per heavy atom. The first kappa shape index (κ1) is 14.7. The van der Waals surface area contributed by atoms with Gasteiger partial charge in [0, 0.05) is 13.1 Å². The van der Waals surface area contributed by atoms with Crippen molar-refractivity contribution in [1.29, 1.82) is 0 Å². The van der Waals surface area contributed by atoms with Crippen molar-refractivity contribution in [2.24, 2.45) is 0 Å². The summed E-state index contributed by atoms with van der Waals surface area (Å²) in [4.78, 5) is 28.0. The quantitative estimate of drug-likeness (QED) is 0.746. The molecule has 0 saturated carbocycles. The van der Waals surface area contributed by atoms with E-state index < -0.39 is 0 Å². The molecule has 20 heavy (non-hydrogen) atoms. The summed E-state index contributed by atoms with van der Waals surface area (Å²) in [5.74, 6) is -0.754. The lowest BCUT2D eigenvalue weighted by molar-refractivity contribution is -0.114. The molecule has 0 radical (unpaired) electrons. The highest BCUT2D eigenvalue weighted by Gasteiger charge is 2.35. The van der Waals surface area contributed by atoms with Gasteiger partial charge in [0.1, 0.15) is 0 Å². The summed E-state index contributed by atoms with van der Waals surface area (Å²) in [5, 5.41) is 0. The topological polar surface area (TPSA) is 40.6 Å². The van der Waals surface area contributed by atoms with Crippen LogP contribution in [0.2, 0.25) is 0 Å². The zero-order chi connectivity index (χ0) is 14.7. The third-order valence-corrected chi connectivity index (χ3v) is 3.98. The van der Waals surface area contributed by atoms with E-state index in [0.717, 1.165) is 37.3 Å². The maximum Gasteiger partial charge on any atom is 0.299 e. The Morgan fingerprint density at radius 2 is 1.80 bits per heavy atom. The molecule has 0 unspecified atom stereocenters. The Bertz CT molecular complexity index is 521. The van der Waals surface area contributed by atoms with Gasteiger partial charge in [-0.2, -0.15) is 0 Å². The van der Waals surface area contributed by atoms with Gasteiger partial charge in [0.2, 0.25) is 0 Å². The molecular weight excluding hydrogens is 252 g/mol. The van der Waals surface area contributed by atoms with E-state index in [1.165, 1.54) is 0 Å². The fraction of sp³-hybridized carbons (Fsp3) is 0.500. The second kappa shape index (κ2) is 6.18. The number of fused-ring (bicyclic) bond motifs is 1. The largest absolute Gasteiger partial charge is 0.303 e. The van der Waals surface area contributed by atoms with Crippen molar-refractivity contribution in [2.45, 2.75) is 27.2 Å². The molecule has 2 rings (SSSR count). The molecule has 1 aromatic rings. The zero-order valence-corrected chi connectivity index (χ0v) is 12.5. The monoisotopic (exact) mass is 274 g/mol. The molecule has 0 saturated heterocycles. The number of aryl methyl sites for hydroxylation is 1. The summed E-state index contributed by atoms with van der Waals surface area (Å²) in [6, 6.07) is 5.75. The predicted octanol–water partition coefficient (Wildman–Crippen LogP) is 2.12. The average molecular weight is 274 g/mol. The summed E-state index contributed by atoms with van der Waals surface area (Å²) in [6.45, 7) is 9.51. The summed E-state index contributed by atoms with van der Waals surface area (Å²) in [6.07, 6.45) is 0.869. The number of anilines is 1. The third-order valence-electron chi connectivity index (χ3n) is 3.98. The predicted molar refractivity (Wildman–Crippen MR) is 80.3 cm³/mol. The van der Waals surface area contributed by atoms with Crippen molar-refractivity contribution in [3.63, 3.8) is 0 Å². The van der Waals surface area contributed by atoms with Crippen LogP contribution in [0.25, 0.3) is 0 Å². The van der Waals surface area contributed by atoms with Gasteiger partial charge in [0.05, 0.1) is 11.3 Å². The van der Waals surface area contributed by atoms with Gasteiger partial charge < -0.3 is 9.80 Å². The standard InChI is InChI=1S/C16H22N2O2/c1-4-12-7-8-14-13(11-12)15(19)16(20)18(14)10-9-17(5-2)6-3/h7-8,11H,4-6,9-10H2,1-3H3. The van der Waals surface area contributed by atoms with Crippen LogP contribution in [0, 0.1) is 0 Å². The lowest BCUT2D eigenvalue weighted by Crippen LogP contribution is -2.38. The van der Waals surface area contributed by atoms with Crippen molar-refractivity contribution in [2.75, 3.05) is 31.1 Å². The molecule has 1 aromatic carbocycles. The van der Waals surface area contributed by atoms with Crippen LogP contribution in [0.1, 0.15) is 36.7 Å². The first-order valence-electron chi connectivity index (χ1n) is 7.33. The minimum atomic E-state index is -0.389. The van der Waals surface area contributed by atoms with Gasteiger partial charge in [-0.25, -0.2) is 0 Å². The maximum atomic E-state index is 12.1. The minimum absolute atomic E-state index is 0.366. The van der Waals surface area contributed by atoms with Crippen LogP contribution >= 0.6 is 0 Å². The number of Topliss-reactive ketones (excluding diaryl/α,β-unsaturated/α-hetero) is 1. The molecule has 0 fully saturated rings. The molecule has 0 aliphatic carbocycles. The summed E-state index contributed by atoms with van der Waals surface area (Å²) in [7, 11) is 0. The van der Waals surface area contributed by atoms with Crippen molar-refractivity contribution in [3.8, 4) is 0 Å². The van der Waals surface area contributed by atoms with Crippen LogP contribution in [0.15, 0.2) is 18.2 Å². The Hall–Kier alpha value is -1.68. The van der Waals surface area contributed by atoms with E-state index in [2.05, 4.69) is 18.7 Å². The number of rotatable bonds is 6. The summed E-state index contributed by atoms with van der Waals surface area (Å²) in [5.41, 5.74) is 2.42. The normalized spacial score (nSPS) is 14.3. The van der Waals surface area contributed by atoms with E-state index in [9.17, 15) is 9.59 Å². The van der Waals surface area contributed by atoms with Crippen LogP contribution < -0.4 is 4.90 Å². The van der Waals surface area contributed by atoms with E-state index in [1.807, 2.05) is 25.1 Å². The number of hydrogen-bond donors (Lipinski definition) is 0. The highest BCUT2D eigenvalue weighted by atomic mass is 16.2. The number of amides is 1. The second-order valence-corrected chi connectivity index (χ2v) is 5.02. The first-order chi connectivity index (χ1) is 9.62. The Kier molecular flexibility index (Phi) is 4.55. The number of ketones is 1. The molecule has 0 aromatic heterocycles. The molecule has 0 spiro atoms. The SMILES string of the molecule is CCc1ccc2c(c1)C(=O)C(=O)N2CCN(CC)CC. The van der Waals surface area contributed by atoms with Crippen LogP contribution in [0.5, 0.6) is 0 Å². The molecule has 0 atom stereocenters. The van der Waals surface area contributed by atoms with Crippen molar-refractivity contribution >= 4 is 17.4 Å². The maximum absolute atomic E-state index is 12.1. The number of nitrogens with zero attached hydrogens (tertiary/aromatic N) is 2. The molecule has 0 bridgehead atoms. The van der Waals surface area contributed by atoms with E-state index in [1.54, 1.807) is 4.90 Å². The second-order valence-electron chi connectivity index (χ2n) is 5.02. The van der Waals surface area contributed by atoms with E-state index in [-0.39, 0.29) is 11.7 Å². The average Bonchev–Trinajstić information content (AvgIpc) is 2.72. The molecular formula is C16H22N2O2.